The average molecular weight is 352 g/mol. The van der Waals surface area contributed by atoms with Crippen LogP contribution in [0.1, 0.15) is 13.8 Å². The van der Waals surface area contributed by atoms with E-state index in [0.29, 0.717) is 0 Å². The third-order valence-corrected chi connectivity index (χ3v) is 5.10. The zero-order chi connectivity index (χ0) is 17.2. The average Bonchev–Trinajstić information content (AvgIpc) is 3.16. The van der Waals surface area contributed by atoms with Gasteiger partial charge in [-0.2, -0.15) is 0 Å². The topological polar surface area (TPSA) is 51.1 Å². The van der Waals surface area contributed by atoms with Crippen molar-refractivity contribution < 1.29 is 4.74 Å². The molecular formula is C19H20N4OS. The quantitative estimate of drug-likeness (QED) is 0.716. The number of hydrogen-bond acceptors (Lipinski definition) is 6. The van der Waals surface area contributed by atoms with Gasteiger partial charge >= 0.3 is 0 Å². The van der Waals surface area contributed by atoms with Crippen LogP contribution in [0, 0.1) is 0 Å². The zero-order valence-corrected chi connectivity index (χ0v) is 15.1. The molecule has 6 heteroatoms. The summed E-state index contributed by atoms with van der Waals surface area (Å²) in [7, 11) is 0. The maximum Gasteiger partial charge on any atom is 0.226 e. The molecule has 2 atom stereocenters. The van der Waals surface area contributed by atoms with E-state index >= 15 is 0 Å². The Bertz CT molecular complexity index is 828. The summed E-state index contributed by atoms with van der Waals surface area (Å²) in [6.45, 7) is 5.80. The molecule has 0 aromatic carbocycles. The van der Waals surface area contributed by atoms with Crippen molar-refractivity contribution in [3.8, 4) is 21.7 Å². The normalized spacial score (nSPS) is 20.6. The van der Waals surface area contributed by atoms with Gasteiger partial charge in [-0.05, 0) is 43.0 Å². The lowest BCUT2D eigenvalue weighted by atomic mass is 10.1. The minimum absolute atomic E-state index is 0.178. The summed E-state index contributed by atoms with van der Waals surface area (Å²) >= 11 is 1.69. The van der Waals surface area contributed by atoms with Gasteiger partial charge in [-0.25, -0.2) is 9.97 Å². The van der Waals surface area contributed by atoms with Gasteiger partial charge in [0.05, 0.1) is 22.8 Å². The van der Waals surface area contributed by atoms with Crippen LogP contribution in [-0.2, 0) is 4.74 Å². The highest BCUT2D eigenvalue weighted by atomic mass is 32.1. The van der Waals surface area contributed by atoms with Crippen molar-refractivity contribution >= 4 is 17.3 Å². The summed E-state index contributed by atoms with van der Waals surface area (Å²) in [4.78, 5) is 17.1. The van der Waals surface area contributed by atoms with Gasteiger partial charge in [-0.3, -0.25) is 4.98 Å². The van der Waals surface area contributed by atoms with Crippen LogP contribution in [0.2, 0.25) is 0 Å². The van der Waals surface area contributed by atoms with E-state index in [4.69, 9.17) is 9.72 Å². The molecule has 0 saturated carbocycles. The summed E-state index contributed by atoms with van der Waals surface area (Å²) in [5.41, 5.74) is 3.08. The second-order valence-corrected chi connectivity index (χ2v) is 7.26. The molecule has 0 aliphatic carbocycles. The molecule has 0 bridgehead atoms. The van der Waals surface area contributed by atoms with Crippen LogP contribution in [0.25, 0.3) is 21.7 Å². The lowest BCUT2D eigenvalue weighted by Gasteiger charge is -2.35. The Morgan fingerprint density at radius 2 is 1.88 bits per heavy atom. The molecule has 0 unspecified atom stereocenters. The Labute approximate surface area is 151 Å². The second-order valence-electron chi connectivity index (χ2n) is 6.31. The van der Waals surface area contributed by atoms with E-state index in [0.717, 1.165) is 40.7 Å². The number of thiophene rings is 1. The Morgan fingerprint density at radius 3 is 2.56 bits per heavy atom. The van der Waals surface area contributed by atoms with Crippen LogP contribution < -0.4 is 4.90 Å². The van der Waals surface area contributed by atoms with Crippen LogP contribution >= 0.6 is 11.3 Å². The molecule has 5 nitrogen and oxygen atoms in total. The number of pyridine rings is 1. The predicted octanol–water partition coefficient (Wildman–Crippen LogP) is 3.88. The van der Waals surface area contributed by atoms with Crippen molar-refractivity contribution in [1.82, 2.24) is 15.0 Å². The SMILES string of the molecule is C[C@@H]1CN(c2ncc(-c3ccncc3)c(-c3cccs3)n2)C[C@@H](C)O1. The summed E-state index contributed by atoms with van der Waals surface area (Å²) in [6.07, 6.45) is 5.88. The van der Waals surface area contributed by atoms with Crippen LogP contribution in [0.15, 0.2) is 48.2 Å². The van der Waals surface area contributed by atoms with Crippen LogP contribution in [0.4, 0.5) is 5.95 Å². The second kappa shape index (κ2) is 6.90. The fourth-order valence-electron chi connectivity index (χ4n) is 3.21. The van der Waals surface area contributed by atoms with Crippen molar-refractivity contribution in [2.75, 3.05) is 18.0 Å². The summed E-state index contributed by atoms with van der Waals surface area (Å²) in [6, 6.07) is 8.14. The number of anilines is 1. The first-order valence-electron chi connectivity index (χ1n) is 8.42. The van der Waals surface area contributed by atoms with E-state index in [-0.39, 0.29) is 12.2 Å². The van der Waals surface area contributed by atoms with Crippen LogP contribution in [0.3, 0.4) is 0 Å². The van der Waals surface area contributed by atoms with Crippen molar-refractivity contribution in [3.05, 3.63) is 48.2 Å². The van der Waals surface area contributed by atoms with E-state index < -0.39 is 0 Å². The summed E-state index contributed by atoms with van der Waals surface area (Å²) in [5, 5.41) is 2.08. The van der Waals surface area contributed by atoms with Gasteiger partial charge in [0.2, 0.25) is 5.95 Å². The number of nitrogens with zero attached hydrogens (tertiary/aromatic N) is 4. The number of morpholine rings is 1. The fourth-order valence-corrected chi connectivity index (χ4v) is 3.94. The zero-order valence-electron chi connectivity index (χ0n) is 14.3. The van der Waals surface area contributed by atoms with Gasteiger partial charge in [0.1, 0.15) is 0 Å². The molecule has 128 valence electrons. The van der Waals surface area contributed by atoms with Crippen molar-refractivity contribution in [2.45, 2.75) is 26.1 Å². The van der Waals surface area contributed by atoms with Crippen molar-refractivity contribution in [2.24, 2.45) is 0 Å². The lowest BCUT2D eigenvalue weighted by Crippen LogP contribution is -2.46. The largest absolute Gasteiger partial charge is 0.372 e. The highest BCUT2D eigenvalue weighted by molar-refractivity contribution is 7.13. The molecule has 4 heterocycles. The molecule has 0 amide bonds. The fraction of sp³-hybridized carbons (Fsp3) is 0.316. The lowest BCUT2D eigenvalue weighted by molar-refractivity contribution is -0.00571. The van der Waals surface area contributed by atoms with Crippen molar-refractivity contribution in [3.63, 3.8) is 0 Å². The Balaban J connectivity index is 1.78. The first-order valence-corrected chi connectivity index (χ1v) is 9.30. The van der Waals surface area contributed by atoms with Gasteiger partial charge in [-0.1, -0.05) is 6.07 Å². The Morgan fingerprint density at radius 1 is 1.12 bits per heavy atom. The van der Waals surface area contributed by atoms with Crippen molar-refractivity contribution in [1.29, 1.82) is 0 Å². The number of hydrogen-bond donors (Lipinski definition) is 0. The highest BCUT2D eigenvalue weighted by Gasteiger charge is 2.25. The van der Waals surface area contributed by atoms with E-state index in [1.165, 1.54) is 0 Å². The molecule has 1 aliphatic rings. The maximum atomic E-state index is 5.83. The standard InChI is InChI=1S/C19H20N4OS/c1-13-11-23(12-14(2)24-13)19-21-10-16(15-5-7-20-8-6-15)18(22-19)17-4-3-9-25-17/h3-10,13-14H,11-12H2,1-2H3/t13-,14-/m1/s1. The smallest absolute Gasteiger partial charge is 0.226 e. The molecule has 25 heavy (non-hydrogen) atoms. The molecule has 1 aliphatic heterocycles. The molecular weight excluding hydrogens is 332 g/mol. The predicted molar refractivity (Wildman–Crippen MR) is 101 cm³/mol. The molecule has 3 aromatic rings. The monoisotopic (exact) mass is 352 g/mol. The minimum Gasteiger partial charge on any atom is -0.372 e. The molecule has 0 spiro atoms. The van der Waals surface area contributed by atoms with Gasteiger partial charge in [0.15, 0.2) is 0 Å². The van der Waals surface area contributed by atoms with Gasteiger partial charge in [-0.15, -0.1) is 11.3 Å². The van der Waals surface area contributed by atoms with E-state index in [9.17, 15) is 0 Å². The van der Waals surface area contributed by atoms with Crippen LogP contribution in [-0.4, -0.2) is 40.2 Å². The van der Waals surface area contributed by atoms with E-state index in [2.05, 4.69) is 46.2 Å². The first-order chi connectivity index (χ1) is 12.2. The molecule has 4 rings (SSSR count). The highest BCUT2D eigenvalue weighted by Crippen LogP contribution is 2.34. The summed E-state index contributed by atoms with van der Waals surface area (Å²) in [5.74, 6) is 0.767. The minimum atomic E-state index is 0.178. The van der Waals surface area contributed by atoms with Gasteiger partial charge in [0, 0.05) is 37.2 Å². The summed E-state index contributed by atoms with van der Waals surface area (Å²) < 4.78 is 5.83. The van der Waals surface area contributed by atoms with Crippen LogP contribution in [0.5, 0.6) is 0 Å². The third-order valence-electron chi connectivity index (χ3n) is 4.22. The molecule has 1 fully saturated rings. The molecule has 0 radical (unpaired) electrons. The van der Waals surface area contributed by atoms with Gasteiger partial charge < -0.3 is 9.64 Å². The number of aromatic nitrogens is 3. The molecule has 0 N–H and O–H groups in total. The number of rotatable bonds is 3. The Hall–Kier alpha value is -2.31. The maximum absolute atomic E-state index is 5.83. The Kier molecular flexibility index (Phi) is 4.46. The molecule has 3 aromatic heterocycles. The third kappa shape index (κ3) is 3.41. The first kappa shape index (κ1) is 16.2. The molecule has 1 saturated heterocycles. The number of ether oxygens (including phenoxy) is 1. The van der Waals surface area contributed by atoms with E-state index in [1.54, 1.807) is 23.7 Å². The van der Waals surface area contributed by atoms with Gasteiger partial charge in [0.25, 0.3) is 0 Å². The van der Waals surface area contributed by atoms with E-state index in [1.807, 2.05) is 18.3 Å².